The van der Waals surface area contributed by atoms with Crippen LogP contribution in [0, 0.1) is 18.2 Å². The molecule has 2 nitrogen and oxygen atoms in total. The third-order valence-corrected chi connectivity index (χ3v) is 2.01. The largest absolute Gasteiger partial charge is 0.283 e. The van der Waals surface area contributed by atoms with E-state index in [1.54, 1.807) is 24.3 Å². The summed E-state index contributed by atoms with van der Waals surface area (Å²) >= 11 is 0. The Morgan fingerprint density at radius 1 is 1.50 bits per heavy atom. The number of nitrogens with zero attached hydrogens (tertiary/aromatic N) is 1. The monoisotopic (exact) mass is 216 g/mol. The standard InChI is InChI=1S/C13H13FN2/c1-3-5-12(6-4-2)16(15)13-9-7-11(14)8-10-13/h1,4,6-10H,2,5,15H2/b12-6-. The molecule has 3 heteroatoms. The lowest BCUT2D eigenvalue weighted by Gasteiger charge is -2.20. The number of rotatable bonds is 4. The van der Waals surface area contributed by atoms with Gasteiger partial charge in [-0.3, -0.25) is 5.01 Å². The van der Waals surface area contributed by atoms with Crippen LogP contribution in [0.5, 0.6) is 0 Å². The number of hydrogen-bond acceptors (Lipinski definition) is 2. The number of terminal acetylenes is 1. The van der Waals surface area contributed by atoms with Gasteiger partial charge in [0.2, 0.25) is 0 Å². The highest BCUT2D eigenvalue weighted by molar-refractivity contribution is 5.51. The average molecular weight is 216 g/mol. The lowest BCUT2D eigenvalue weighted by molar-refractivity contribution is 0.627. The molecule has 0 aliphatic heterocycles. The van der Waals surface area contributed by atoms with Crippen molar-refractivity contribution in [2.24, 2.45) is 5.84 Å². The minimum atomic E-state index is -0.302. The van der Waals surface area contributed by atoms with E-state index in [1.807, 2.05) is 0 Å². The van der Waals surface area contributed by atoms with Crippen molar-refractivity contribution in [3.05, 3.63) is 54.5 Å². The highest BCUT2D eigenvalue weighted by Gasteiger charge is 2.06. The molecule has 1 aromatic carbocycles. The molecule has 0 radical (unpaired) electrons. The first-order valence-corrected chi connectivity index (χ1v) is 4.74. The van der Waals surface area contributed by atoms with E-state index >= 15 is 0 Å². The molecule has 0 saturated carbocycles. The number of allylic oxidation sites excluding steroid dienone is 3. The Morgan fingerprint density at radius 3 is 2.62 bits per heavy atom. The van der Waals surface area contributed by atoms with Gasteiger partial charge in [0, 0.05) is 5.70 Å². The minimum Gasteiger partial charge on any atom is -0.283 e. The van der Waals surface area contributed by atoms with E-state index in [0.29, 0.717) is 12.1 Å². The maximum absolute atomic E-state index is 12.7. The number of benzene rings is 1. The molecule has 82 valence electrons. The lowest BCUT2D eigenvalue weighted by atomic mass is 10.2. The average Bonchev–Trinajstić information content (AvgIpc) is 2.29. The van der Waals surface area contributed by atoms with Crippen LogP contribution >= 0.6 is 0 Å². The first kappa shape index (κ1) is 12.0. The molecule has 0 saturated heterocycles. The smallest absolute Gasteiger partial charge is 0.123 e. The van der Waals surface area contributed by atoms with Gasteiger partial charge in [0.25, 0.3) is 0 Å². The number of halogens is 1. The summed E-state index contributed by atoms with van der Waals surface area (Å²) in [5.74, 6) is 8.06. The van der Waals surface area contributed by atoms with Crippen LogP contribution in [0.3, 0.4) is 0 Å². The molecular weight excluding hydrogens is 203 g/mol. The molecule has 2 N–H and O–H groups in total. The summed E-state index contributed by atoms with van der Waals surface area (Å²) in [6.07, 6.45) is 8.95. The third kappa shape index (κ3) is 2.97. The Kier molecular flexibility index (Phi) is 4.31. The van der Waals surface area contributed by atoms with Gasteiger partial charge in [0.15, 0.2) is 0 Å². The quantitative estimate of drug-likeness (QED) is 0.363. The van der Waals surface area contributed by atoms with Gasteiger partial charge in [-0.25, -0.2) is 10.2 Å². The second kappa shape index (κ2) is 5.74. The van der Waals surface area contributed by atoms with E-state index in [0.717, 1.165) is 5.70 Å². The van der Waals surface area contributed by atoms with Crippen molar-refractivity contribution in [2.45, 2.75) is 6.42 Å². The molecule has 16 heavy (non-hydrogen) atoms. The SMILES string of the molecule is C#CC/C(=C/C=C)N(N)c1ccc(F)cc1. The molecule has 0 unspecified atom stereocenters. The molecule has 0 spiro atoms. The fourth-order valence-electron chi connectivity index (χ4n) is 1.23. The number of nitrogens with two attached hydrogens (primary N) is 1. The molecule has 0 aliphatic rings. The van der Waals surface area contributed by atoms with Gasteiger partial charge in [0.05, 0.1) is 12.1 Å². The third-order valence-electron chi connectivity index (χ3n) is 2.01. The molecule has 0 aromatic heterocycles. The molecule has 1 rings (SSSR count). The van der Waals surface area contributed by atoms with E-state index in [4.69, 9.17) is 12.3 Å². The van der Waals surface area contributed by atoms with Gasteiger partial charge in [0.1, 0.15) is 5.82 Å². The molecule has 0 aliphatic carbocycles. The van der Waals surface area contributed by atoms with Crippen molar-refractivity contribution >= 4 is 5.69 Å². The van der Waals surface area contributed by atoms with E-state index in [1.165, 1.54) is 17.1 Å². The molecular formula is C13H13FN2. The van der Waals surface area contributed by atoms with Crippen molar-refractivity contribution in [1.29, 1.82) is 0 Å². The molecule has 0 amide bonds. The van der Waals surface area contributed by atoms with Crippen molar-refractivity contribution in [3.63, 3.8) is 0 Å². The van der Waals surface area contributed by atoms with Crippen molar-refractivity contribution in [3.8, 4) is 12.3 Å². The molecule has 1 aromatic rings. The predicted octanol–water partition coefficient (Wildman–Crippen LogP) is 2.60. The van der Waals surface area contributed by atoms with Gasteiger partial charge >= 0.3 is 0 Å². The Hall–Kier alpha value is -2.05. The van der Waals surface area contributed by atoms with Crippen LogP contribution in [0.4, 0.5) is 10.1 Å². The van der Waals surface area contributed by atoms with Crippen LogP contribution in [0.15, 0.2) is 48.7 Å². The van der Waals surface area contributed by atoms with Crippen LogP contribution in [0.2, 0.25) is 0 Å². The van der Waals surface area contributed by atoms with Gasteiger partial charge in [-0.2, -0.15) is 0 Å². The van der Waals surface area contributed by atoms with Crippen molar-refractivity contribution in [2.75, 3.05) is 5.01 Å². The zero-order valence-electron chi connectivity index (χ0n) is 8.86. The lowest BCUT2D eigenvalue weighted by Crippen LogP contribution is -2.29. The summed E-state index contributed by atoms with van der Waals surface area (Å²) in [5.41, 5.74) is 1.40. The van der Waals surface area contributed by atoms with E-state index in [9.17, 15) is 4.39 Å². The predicted molar refractivity (Wildman–Crippen MR) is 64.8 cm³/mol. The summed E-state index contributed by atoms with van der Waals surface area (Å²) in [5, 5.41) is 1.42. The zero-order chi connectivity index (χ0) is 12.0. The van der Waals surface area contributed by atoms with Gasteiger partial charge < -0.3 is 0 Å². The number of anilines is 1. The van der Waals surface area contributed by atoms with Crippen LogP contribution in [0.25, 0.3) is 0 Å². The molecule has 0 heterocycles. The summed E-state index contributed by atoms with van der Waals surface area (Å²) < 4.78 is 12.7. The molecule has 0 bridgehead atoms. The van der Waals surface area contributed by atoms with Crippen LogP contribution in [-0.2, 0) is 0 Å². The summed E-state index contributed by atoms with van der Waals surface area (Å²) in [4.78, 5) is 0. The van der Waals surface area contributed by atoms with Crippen LogP contribution < -0.4 is 10.9 Å². The Morgan fingerprint density at radius 2 is 2.12 bits per heavy atom. The summed E-state index contributed by atoms with van der Waals surface area (Å²) in [7, 11) is 0. The maximum atomic E-state index is 12.7. The highest BCUT2D eigenvalue weighted by Crippen LogP contribution is 2.17. The topological polar surface area (TPSA) is 29.3 Å². The van der Waals surface area contributed by atoms with E-state index in [2.05, 4.69) is 12.5 Å². The van der Waals surface area contributed by atoms with Crippen molar-refractivity contribution in [1.82, 2.24) is 0 Å². The zero-order valence-corrected chi connectivity index (χ0v) is 8.86. The number of hydrazine groups is 1. The summed E-state index contributed by atoms with van der Waals surface area (Å²) in [6, 6.07) is 5.86. The maximum Gasteiger partial charge on any atom is 0.123 e. The highest BCUT2D eigenvalue weighted by atomic mass is 19.1. The van der Waals surface area contributed by atoms with Gasteiger partial charge in [-0.15, -0.1) is 12.3 Å². The van der Waals surface area contributed by atoms with Crippen LogP contribution in [-0.4, -0.2) is 0 Å². The van der Waals surface area contributed by atoms with E-state index in [-0.39, 0.29) is 5.82 Å². The Bertz CT molecular complexity index is 426. The van der Waals surface area contributed by atoms with Gasteiger partial charge in [-0.05, 0) is 30.3 Å². The fourth-order valence-corrected chi connectivity index (χ4v) is 1.23. The summed E-state index contributed by atoms with van der Waals surface area (Å²) in [6.45, 7) is 3.59. The first-order valence-electron chi connectivity index (χ1n) is 4.74. The van der Waals surface area contributed by atoms with Crippen LogP contribution in [0.1, 0.15) is 6.42 Å². The second-order valence-electron chi connectivity index (χ2n) is 3.12. The minimum absolute atomic E-state index is 0.302. The Balaban J connectivity index is 2.95. The molecule has 0 fully saturated rings. The van der Waals surface area contributed by atoms with E-state index < -0.39 is 0 Å². The first-order chi connectivity index (χ1) is 7.69. The Labute approximate surface area is 94.8 Å². The fraction of sp³-hybridized carbons (Fsp3) is 0.0769. The normalized spacial score (nSPS) is 10.7. The number of hydrogen-bond donors (Lipinski definition) is 1. The van der Waals surface area contributed by atoms with Crippen molar-refractivity contribution < 1.29 is 4.39 Å². The van der Waals surface area contributed by atoms with Gasteiger partial charge in [-0.1, -0.05) is 12.7 Å². The second-order valence-corrected chi connectivity index (χ2v) is 3.12. The molecule has 0 atom stereocenters.